The van der Waals surface area contributed by atoms with Gasteiger partial charge in [-0.15, -0.1) is 0 Å². The fraction of sp³-hybridized carbons (Fsp3) is 0.533. The van der Waals surface area contributed by atoms with E-state index in [0.29, 0.717) is 18.1 Å². The fourth-order valence-electron chi connectivity index (χ4n) is 1.66. The molecular weight excluding hydrogens is 350 g/mol. The maximum absolute atomic E-state index is 12.3. The van der Waals surface area contributed by atoms with Crippen molar-refractivity contribution in [1.82, 2.24) is 4.98 Å². The second kappa shape index (κ2) is 8.12. The molecule has 1 N–H and O–H groups in total. The number of pyridine rings is 1. The van der Waals surface area contributed by atoms with Gasteiger partial charge in [0.15, 0.2) is 0 Å². The van der Waals surface area contributed by atoms with Crippen LogP contribution in [0.15, 0.2) is 18.3 Å². The molecule has 7 heteroatoms. The maximum Gasteiger partial charge on any atom is 0.414 e. The summed E-state index contributed by atoms with van der Waals surface area (Å²) < 4.78 is 5.40. The third kappa shape index (κ3) is 6.01. The number of carbonyl (C=O) groups is 2. The second-order valence-electron chi connectivity index (χ2n) is 5.72. The molecule has 0 radical (unpaired) electrons. The van der Waals surface area contributed by atoms with Crippen LogP contribution >= 0.6 is 15.9 Å². The third-order valence-electron chi connectivity index (χ3n) is 2.51. The van der Waals surface area contributed by atoms with Crippen molar-refractivity contribution < 1.29 is 14.3 Å². The van der Waals surface area contributed by atoms with Gasteiger partial charge < -0.3 is 10.1 Å². The first-order valence-electron chi connectivity index (χ1n) is 7.09. The number of nitrogens with zero attached hydrogens (tertiary/aromatic N) is 2. The number of halogens is 1. The lowest BCUT2D eigenvalue weighted by atomic mass is 10.2. The molecule has 0 aliphatic rings. The standard InChI is InChI=1S/C15H22BrN3O3/c1-5-8-19(14(21)22-15(2,3)4)11-6-7-12(17-10-11)18-13(20)9-16/h6-7,10H,5,8-9H2,1-4H3,(H,17,18,20). The Labute approximate surface area is 139 Å². The first kappa shape index (κ1) is 18.4. The van der Waals surface area contributed by atoms with Crippen LogP contribution in [0.1, 0.15) is 34.1 Å². The van der Waals surface area contributed by atoms with E-state index < -0.39 is 11.7 Å². The number of nitrogens with one attached hydrogen (secondary N) is 1. The van der Waals surface area contributed by atoms with Crippen molar-refractivity contribution in [3.63, 3.8) is 0 Å². The van der Waals surface area contributed by atoms with Crippen LogP contribution in [0, 0.1) is 0 Å². The average Bonchev–Trinajstić information content (AvgIpc) is 2.43. The summed E-state index contributed by atoms with van der Waals surface area (Å²) in [7, 11) is 0. The number of carbonyl (C=O) groups excluding carboxylic acids is 2. The van der Waals surface area contributed by atoms with E-state index in [1.165, 1.54) is 4.90 Å². The van der Waals surface area contributed by atoms with Crippen LogP contribution in [0.25, 0.3) is 0 Å². The van der Waals surface area contributed by atoms with Crippen LogP contribution in [-0.4, -0.2) is 34.5 Å². The molecule has 122 valence electrons. The monoisotopic (exact) mass is 371 g/mol. The van der Waals surface area contributed by atoms with Crippen molar-refractivity contribution in [1.29, 1.82) is 0 Å². The number of aromatic nitrogens is 1. The number of hydrogen-bond acceptors (Lipinski definition) is 4. The van der Waals surface area contributed by atoms with Crippen LogP contribution in [0.5, 0.6) is 0 Å². The third-order valence-corrected chi connectivity index (χ3v) is 3.02. The van der Waals surface area contributed by atoms with E-state index in [0.717, 1.165) is 6.42 Å². The molecule has 2 amide bonds. The Morgan fingerprint density at radius 3 is 2.50 bits per heavy atom. The van der Waals surface area contributed by atoms with Gasteiger partial charge in [-0.1, -0.05) is 22.9 Å². The van der Waals surface area contributed by atoms with Crippen LogP contribution in [0.2, 0.25) is 0 Å². The van der Waals surface area contributed by atoms with Crippen LogP contribution in [-0.2, 0) is 9.53 Å². The number of ether oxygens (including phenoxy) is 1. The molecule has 0 aliphatic carbocycles. The first-order chi connectivity index (χ1) is 10.3. The molecule has 0 spiro atoms. The van der Waals surface area contributed by atoms with E-state index in [2.05, 4.69) is 26.2 Å². The predicted molar refractivity (Wildman–Crippen MR) is 90.5 cm³/mol. The zero-order valence-corrected chi connectivity index (χ0v) is 14.9. The van der Waals surface area contributed by atoms with Crippen molar-refractivity contribution in [2.24, 2.45) is 0 Å². The van der Waals surface area contributed by atoms with Crippen molar-refractivity contribution >= 4 is 39.4 Å². The van der Waals surface area contributed by atoms with Crippen molar-refractivity contribution in [3.05, 3.63) is 18.3 Å². The molecule has 1 aromatic rings. The summed E-state index contributed by atoms with van der Waals surface area (Å²) in [5.41, 5.74) is 0.0771. The van der Waals surface area contributed by atoms with Crippen molar-refractivity contribution in [2.45, 2.75) is 39.7 Å². The van der Waals surface area contributed by atoms with E-state index in [-0.39, 0.29) is 11.2 Å². The Hall–Kier alpha value is -1.63. The Bertz CT molecular complexity index is 512. The van der Waals surface area contributed by atoms with Crippen molar-refractivity contribution in [2.75, 3.05) is 22.1 Å². The molecule has 0 atom stereocenters. The number of rotatable bonds is 5. The van der Waals surface area contributed by atoms with Gasteiger partial charge in [0.2, 0.25) is 5.91 Å². The lowest BCUT2D eigenvalue weighted by Gasteiger charge is -2.27. The number of amides is 2. The molecule has 1 aromatic heterocycles. The zero-order valence-electron chi connectivity index (χ0n) is 13.4. The summed E-state index contributed by atoms with van der Waals surface area (Å²) in [5, 5.41) is 2.83. The van der Waals surface area contributed by atoms with E-state index >= 15 is 0 Å². The van der Waals surface area contributed by atoms with E-state index in [4.69, 9.17) is 4.74 Å². The molecule has 1 heterocycles. The topological polar surface area (TPSA) is 71.5 Å². The van der Waals surface area contributed by atoms with Crippen molar-refractivity contribution in [3.8, 4) is 0 Å². The van der Waals surface area contributed by atoms with Gasteiger partial charge in [-0.3, -0.25) is 9.69 Å². The number of alkyl halides is 1. The molecule has 0 saturated carbocycles. The minimum atomic E-state index is -0.555. The lowest BCUT2D eigenvalue weighted by molar-refractivity contribution is -0.113. The van der Waals surface area contributed by atoms with E-state index in [9.17, 15) is 9.59 Å². The SMILES string of the molecule is CCCN(C(=O)OC(C)(C)C)c1ccc(NC(=O)CBr)nc1. The maximum atomic E-state index is 12.3. The Morgan fingerprint density at radius 2 is 2.05 bits per heavy atom. The second-order valence-corrected chi connectivity index (χ2v) is 6.28. The molecule has 0 fully saturated rings. The first-order valence-corrected chi connectivity index (χ1v) is 8.21. The highest BCUT2D eigenvalue weighted by Gasteiger charge is 2.23. The zero-order chi connectivity index (χ0) is 16.8. The summed E-state index contributed by atoms with van der Waals surface area (Å²) >= 11 is 3.07. The summed E-state index contributed by atoms with van der Waals surface area (Å²) in [4.78, 5) is 29.2. The Balaban J connectivity index is 2.87. The molecule has 1 rings (SSSR count). The van der Waals surface area contributed by atoms with Gasteiger partial charge in [0.25, 0.3) is 0 Å². The largest absolute Gasteiger partial charge is 0.443 e. The van der Waals surface area contributed by atoms with Gasteiger partial charge in [-0.2, -0.15) is 0 Å². The quantitative estimate of drug-likeness (QED) is 0.803. The predicted octanol–water partition coefficient (Wildman–Crippen LogP) is 3.57. The molecule has 22 heavy (non-hydrogen) atoms. The minimum absolute atomic E-state index is 0.183. The molecule has 0 aliphatic heterocycles. The van der Waals surface area contributed by atoms with Gasteiger partial charge in [-0.05, 0) is 39.3 Å². The summed E-state index contributed by atoms with van der Waals surface area (Å²) in [6, 6.07) is 3.39. The summed E-state index contributed by atoms with van der Waals surface area (Å²) in [6.45, 7) is 7.99. The summed E-state index contributed by atoms with van der Waals surface area (Å²) in [6.07, 6.45) is 1.93. The molecule has 0 unspecified atom stereocenters. The molecular formula is C15H22BrN3O3. The van der Waals surface area contributed by atoms with Gasteiger partial charge in [-0.25, -0.2) is 9.78 Å². The van der Waals surface area contributed by atoms with Gasteiger partial charge in [0.05, 0.1) is 17.2 Å². The van der Waals surface area contributed by atoms with Crippen LogP contribution in [0.3, 0.4) is 0 Å². The van der Waals surface area contributed by atoms with Gasteiger partial charge in [0, 0.05) is 6.54 Å². The highest BCUT2D eigenvalue weighted by molar-refractivity contribution is 9.09. The van der Waals surface area contributed by atoms with E-state index in [1.54, 1.807) is 18.3 Å². The Kier molecular flexibility index (Phi) is 6.80. The summed E-state index contributed by atoms with van der Waals surface area (Å²) in [5.74, 6) is 0.256. The van der Waals surface area contributed by atoms with E-state index in [1.807, 2.05) is 27.7 Å². The lowest BCUT2D eigenvalue weighted by Crippen LogP contribution is -2.37. The molecule has 6 nitrogen and oxygen atoms in total. The Morgan fingerprint density at radius 1 is 1.36 bits per heavy atom. The van der Waals surface area contributed by atoms with Crippen LogP contribution < -0.4 is 10.2 Å². The number of anilines is 2. The highest BCUT2D eigenvalue weighted by atomic mass is 79.9. The average molecular weight is 372 g/mol. The van der Waals surface area contributed by atoms with Crippen LogP contribution in [0.4, 0.5) is 16.3 Å². The number of hydrogen-bond donors (Lipinski definition) is 1. The normalized spacial score (nSPS) is 11.0. The van der Waals surface area contributed by atoms with Gasteiger partial charge in [0.1, 0.15) is 11.4 Å². The van der Waals surface area contributed by atoms with Gasteiger partial charge >= 0.3 is 6.09 Å². The minimum Gasteiger partial charge on any atom is -0.443 e. The molecule has 0 bridgehead atoms. The molecule has 0 saturated heterocycles. The smallest absolute Gasteiger partial charge is 0.414 e. The highest BCUT2D eigenvalue weighted by Crippen LogP contribution is 2.19. The molecule has 0 aromatic carbocycles. The fourth-order valence-corrected chi connectivity index (χ4v) is 1.80.